The van der Waals surface area contributed by atoms with Gasteiger partial charge in [-0.3, -0.25) is 4.79 Å². The number of amides is 1. The Morgan fingerprint density at radius 3 is 2.41 bits per heavy atom. The molecule has 0 heterocycles. The average Bonchev–Trinajstić information content (AvgIpc) is 2.60. The molecule has 2 rings (SSSR count). The highest BCUT2D eigenvalue weighted by Crippen LogP contribution is 2.20. The van der Waals surface area contributed by atoms with Crippen LogP contribution in [-0.4, -0.2) is 31.7 Å². The molecule has 0 aliphatic rings. The summed E-state index contributed by atoms with van der Waals surface area (Å²) in [5, 5.41) is 3.29. The van der Waals surface area contributed by atoms with Crippen LogP contribution in [0.3, 0.4) is 0 Å². The van der Waals surface area contributed by atoms with Crippen molar-refractivity contribution in [2.45, 2.75) is 32.2 Å². The summed E-state index contributed by atoms with van der Waals surface area (Å²) in [5.74, 6) is -0.0505. The minimum atomic E-state index is -3.83. The molecule has 0 aromatic heterocycles. The van der Waals surface area contributed by atoms with Crippen LogP contribution in [0.15, 0.2) is 53.4 Å². The fourth-order valence-electron chi connectivity index (χ4n) is 2.46. The Bertz CT molecular complexity index is 880. The summed E-state index contributed by atoms with van der Waals surface area (Å²) in [5.41, 5.74) is 1.68. The van der Waals surface area contributed by atoms with Gasteiger partial charge in [0.25, 0.3) is 0 Å². The lowest BCUT2D eigenvalue weighted by atomic mass is 10.2. The van der Waals surface area contributed by atoms with Crippen LogP contribution in [0.2, 0.25) is 5.02 Å². The van der Waals surface area contributed by atoms with Gasteiger partial charge >= 0.3 is 0 Å². The Kier molecular flexibility index (Phi) is 7.41. The van der Waals surface area contributed by atoms with Crippen molar-refractivity contribution >= 4 is 27.5 Å². The molecule has 1 amide bonds. The van der Waals surface area contributed by atoms with E-state index in [1.165, 1.54) is 4.31 Å². The molecule has 146 valence electrons. The van der Waals surface area contributed by atoms with Crippen molar-refractivity contribution in [1.29, 1.82) is 0 Å². The first-order valence-electron chi connectivity index (χ1n) is 8.76. The second kappa shape index (κ2) is 9.35. The summed E-state index contributed by atoms with van der Waals surface area (Å²) in [4.78, 5) is 12.5. The molecule has 0 radical (unpaired) electrons. The molecule has 0 saturated carbocycles. The standard InChI is InChI=1S/C20H25ClN2O3S/c1-15(2)12-22-20(24)14-23(13-17-5-4-6-18(21)11-17)27(25,26)19-9-7-16(3)8-10-19/h4-11,15H,12-14H2,1-3H3,(H,22,24). The van der Waals surface area contributed by atoms with Gasteiger partial charge in [0, 0.05) is 18.1 Å². The molecule has 0 spiro atoms. The van der Waals surface area contributed by atoms with Gasteiger partial charge in [-0.2, -0.15) is 4.31 Å². The highest BCUT2D eigenvalue weighted by molar-refractivity contribution is 7.89. The first kappa shape index (κ1) is 21.4. The number of carbonyl (C=O) groups is 1. The molecule has 0 unspecified atom stereocenters. The maximum atomic E-state index is 13.1. The van der Waals surface area contributed by atoms with E-state index in [9.17, 15) is 13.2 Å². The predicted octanol–water partition coefficient (Wildman–Crippen LogP) is 3.61. The van der Waals surface area contributed by atoms with Crippen molar-refractivity contribution in [2.75, 3.05) is 13.1 Å². The van der Waals surface area contributed by atoms with E-state index in [0.717, 1.165) is 11.1 Å². The van der Waals surface area contributed by atoms with Gasteiger partial charge in [0.2, 0.25) is 15.9 Å². The quantitative estimate of drug-likeness (QED) is 0.725. The zero-order chi connectivity index (χ0) is 20.0. The third kappa shape index (κ3) is 6.34. The third-order valence-electron chi connectivity index (χ3n) is 3.93. The maximum absolute atomic E-state index is 13.1. The molecule has 0 bridgehead atoms. The summed E-state index contributed by atoms with van der Waals surface area (Å²) in [6, 6.07) is 13.6. The van der Waals surface area contributed by atoms with Gasteiger partial charge in [0.05, 0.1) is 11.4 Å². The summed E-state index contributed by atoms with van der Waals surface area (Å²) in [7, 11) is -3.83. The molecule has 0 atom stereocenters. The summed E-state index contributed by atoms with van der Waals surface area (Å²) < 4.78 is 27.4. The van der Waals surface area contributed by atoms with E-state index in [1.54, 1.807) is 48.5 Å². The van der Waals surface area contributed by atoms with Gasteiger partial charge in [0.15, 0.2) is 0 Å². The molecule has 0 saturated heterocycles. The van der Waals surface area contributed by atoms with E-state index in [0.29, 0.717) is 11.6 Å². The van der Waals surface area contributed by atoms with Gasteiger partial charge in [-0.15, -0.1) is 0 Å². The topological polar surface area (TPSA) is 66.5 Å². The molecule has 2 aromatic rings. The lowest BCUT2D eigenvalue weighted by molar-refractivity contribution is -0.121. The lowest BCUT2D eigenvalue weighted by Crippen LogP contribution is -2.41. The van der Waals surface area contributed by atoms with Crippen LogP contribution in [-0.2, 0) is 21.4 Å². The number of halogens is 1. The maximum Gasteiger partial charge on any atom is 0.243 e. The molecule has 2 aromatic carbocycles. The molecular formula is C20H25ClN2O3S. The number of carbonyl (C=O) groups excluding carboxylic acids is 1. The zero-order valence-electron chi connectivity index (χ0n) is 15.8. The second-order valence-electron chi connectivity index (χ2n) is 6.91. The smallest absolute Gasteiger partial charge is 0.243 e. The Labute approximate surface area is 166 Å². The largest absolute Gasteiger partial charge is 0.355 e. The first-order valence-corrected chi connectivity index (χ1v) is 10.6. The van der Waals surface area contributed by atoms with Crippen LogP contribution in [0, 0.1) is 12.8 Å². The Hall–Kier alpha value is -1.89. The van der Waals surface area contributed by atoms with Crippen LogP contribution < -0.4 is 5.32 Å². The van der Waals surface area contributed by atoms with Crippen molar-refractivity contribution in [3.63, 3.8) is 0 Å². The number of benzene rings is 2. The highest BCUT2D eigenvalue weighted by Gasteiger charge is 2.27. The number of sulfonamides is 1. The number of hydrogen-bond donors (Lipinski definition) is 1. The van der Waals surface area contributed by atoms with Crippen LogP contribution >= 0.6 is 11.6 Å². The van der Waals surface area contributed by atoms with Crippen molar-refractivity contribution < 1.29 is 13.2 Å². The number of nitrogens with one attached hydrogen (secondary N) is 1. The summed E-state index contributed by atoms with van der Waals surface area (Å²) in [6.45, 7) is 6.15. The minimum Gasteiger partial charge on any atom is -0.355 e. The molecule has 0 aliphatic heterocycles. The number of rotatable bonds is 8. The first-order chi connectivity index (χ1) is 12.7. The zero-order valence-corrected chi connectivity index (χ0v) is 17.3. The van der Waals surface area contributed by atoms with Gasteiger partial charge in [-0.1, -0.05) is 55.3 Å². The lowest BCUT2D eigenvalue weighted by Gasteiger charge is -2.22. The Morgan fingerprint density at radius 2 is 1.81 bits per heavy atom. The normalized spacial score (nSPS) is 11.8. The van der Waals surface area contributed by atoms with Gasteiger partial charge in [-0.25, -0.2) is 8.42 Å². The summed E-state index contributed by atoms with van der Waals surface area (Å²) in [6.07, 6.45) is 0. The monoisotopic (exact) mass is 408 g/mol. The molecule has 7 heteroatoms. The number of hydrogen-bond acceptors (Lipinski definition) is 3. The SMILES string of the molecule is Cc1ccc(S(=O)(=O)N(CC(=O)NCC(C)C)Cc2cccc(Cl)c2)cc1. The van der Waals surface area contributed by atoms with E-state index < -0.39 is 10.0 Å². The third-order valence-corrected chi connectivity index (χ3v) is 5.98. The van der Waals surface area contributed by atoms with Crippen LogP contribution in [0.4, 0.5) is 0 Å². The van der Waals surface area contributed by atoms with E-state index in [4.69, 9.17) is 11.6 Å². The van der Waals surface area contributed by atoms with Crippen molar-refractivity contribution in [3.8, 4) is 0 Å². The summed E-state index contributed by atoms with van der Waals surface area (Å²) >= 11 is 6.02. The molecule has 27 heavy (non-hydrogen) atoms. The van der Waals surface area contributed by atoms with Gasteiger partial charge in [0.1, 0.15) is 0 Å². The van der Waals surface area contributed by atoms with E-state index >= 15 is 0 Å². The van der Waals surface area contributed by atoms with E-state index in [-0.39, 0.29) is 29.8 Å². The van der Waals surface area contributed by atoms with E-state index in [2.05, 4.69) is 5.32 Å². The second-order valence-corrected chi connectivity index (χ2v) is 9.29. The minimum absolute atomic E-state index is 0.0614. The van der Waals surface area contributed by atoms with Crippen LogP contribution in [0.25, 0.3) is 0 Å². The fraction of sp³-hybridized carbons (Fsp3) is 0.350. The molecule has 0 aliphatic carbocycles. The molecule has 0 fully saturated rings. The molecular weight excluding hydrogens is 384 g/mol. The molecule has 5 nitrogen and oxygen atoms in total. The fourth-order valence-corrected chi connectivity index (χ4v) is 4.06. The van der Waals surface area contributed by atoms with Gasteiger partial charge in [-0.05, 0) is 42.7 Å². The van der Waals surface area contributed by atoms with Crippen molar-refractivity contribution in [3.05, 3.63) is 64.7 Å². The van der Waals surface area contributed by atoms with Crippen LogP contribution in [0.5, 0.6) is 0 Å². The van der Waals surface area contributed by atoms with Crippen molar-refractivity contribution in [1.82, 2.24) is 9.62 Å². The Morgan fingerprint density at radius 1 is 1.15 bits per heavy atom. The van der Waals surface area contributed by atoms with Gasteiger partial charge < -0.3 is 5.32 Å². The van der Waals surface area contributed by atoms with E-state index in [1.807, 2.05) is 20.8 Å². The average molecular weight is 409 g/mol. The van der Waals surface area contributed by atoms with Crippen molar-refractivity contribution in [2.24, 2.45) is 5.92 Å². The number of aryl methyl sites for hydroxylation is 1. The molecule has 1 N–H and O–H groups in total. The Balaban J connectivity index is 2.30. The highest BCUT2D eigenvalue weighted by atomic mass is 35.5. The van der Waals surface area contributed by atoms with Crippen LogP contribution in [0.1, 0.15) is 25.0 Å². The number of nitrogens with zero attached hydrogens (tertiary/aromatic N) is 1. The predicted molar refractivity (Wildman–Crippen MR) is 108 cm³/mol.